The normalized spacial score (nSPS) is 26.8. The van der Waals surface area contributed by atoms with E-state index >= 15 is 0 Å². The van der Waals surface area contributed by atoms with Gasteiger partial charge in [0.1, 0.15) is 5.54 Å². The Bertz CT molecular complexity index is 879. The second-order valence-corrected chi connectivity index (χ2v) is 10.8. The molecule has 2 unspecified atom stereocenters. The summed E-state index contributed by atoms with van der Waals surface area (Å²) in [5.74, 6) is 0.0538. The number of nitrogens with zero attached hydrogens (tertiary/aromatic N) is 2. The number of hydrogen-bond donors (Lipinski definition) is 2. The van der Waals surface area contributed by atoms with Crippen molar-refractivity contribution in [2.24, 2.45) is 11.1 Å². The summed E-state index contributed by atoms with van der Waals surface area (Å²) in [7, 11) is 0. The average molecular weight is 464 g/mol. The van der Waals surface area contributed by atoms with E-state index in [1.165, 1.54) is 31.2 Å². The Morgan fingerprint density at radius 2 is 1.76 bits per heavy atom. The van der Waals surface area contributed by atoms with Crippen molar-refractivity contribution in [3.63, 3.8) is 0 Å². The third kappa shape index (κ3) is 5.63. The van der Waals surface area contributed by atoms with E-state index in [-0.39, 0.29) is 11.8 Å². The Kier molecular flexibility index (Phi) is 7.93. The van der Waals surface area contributed by atoms with Gasteiger partial charge in [0, 0.05) is 24.5 Å². The summed E-state index contributed by atoms with van der Waals surface area (Å²) >= 11 is 0. The molecule has 2 amide bonds. The number of piperidine rings is 1. The van der Waals surface area contributed by atoms with Crippen LogP contribution in [0.2, 0.25) is 0 Å². The highest BCUT2D eigenvalue weighted by Gasteiger charge is 2.41. The minimum absolute atomic E-state index is 0.247. The van der Waals surface area contributed by atoms with Gasteiger partial charge in [-0.15, -0.1) is 0 Å². The van der Waals surface area contributed by atoms with Gasteiger partial charge in [0.05, 0.1) is 12.5 Å². The van der Waals surface area contributed by atoms with E-state index in [0.29, 0.717) is 31.2 Å². The molecule has 1 aromatic carbocycles. The second-order valence-electron chi connectivity index (χ2n) is 10.8. The standard InChI is InChI=1S/C28H39N4O2/c29-21-28(31-25(33)12-15-27(26(30)34)13-5-2-6-14-27)16-18-32(19-17-28)24-11-7-10-23(20-24)22-8-3-1-4-9-22/h1,3-4,8-9,12,23-24H,2,5-7,10-11,13-20H2,(H2,30,34)(H,31,33). The number of amides is 2. The summed E-state index contributed by atoms with van der Waals surface area (Å²) in [6.45, 7) is 1.65. The zero-order valence-corrected chi connectivity index (χ0v) is 20.3. The Labute approximate surface area is 204 Å². The molecule has 183 valence electrons. The highest BCUT2D eigenvalue weighted by molar-refractivity contribution is 5.88. The van der Waals surface area contributed by atoms with Crippen LogP contribution in [0.1, 0.15) is 88.5 Å². The first-order valence-electron chi connectivity index (χ1n) is 13.1. The van der Waals surface area contributed by atoms with E-state index in [1.807, 2.05) is 0 Å². The molecular formula is C28H39N4O2. The van der Waals surface area contributed by atoms with Crippen molar-refractivity contribution < 1.29 is 9.59 Å². The minimum Gasteiger partial charge on any atom is -0.369 e. The molecule has 6 heteroatoms. The maximum absolute atomic E-state index is 12.8. The smallest absolute Gasteiger partial charge is 0.225 e. The molecule has 3 N–H and O–H groups in total. The predicted octanol–water partition coefficient (Wildman–Crippen LogP) is 4.22. The molecular weight excluding hydrogens is 424 g/mol. The maximum atomic E-state index is 12.8. The molecule has 34 heavy (non-hydrogen) atoms. The van der Waals surface area contributed by atoms with E-state index in [2.05, 4.69) is 46.6 Å². The zero-order chi connectivity index (χ0) is 24.0. The number of nitrogens with one attached hydrogen (secondary N) is 1. The van der Waals surface area contributed by atoms with E-state index in [0.717, 1.165) is 45.2 Å². The third-order valence-electron chi connectivity index (χ3n) is 8.67. The summed E-state index contributed by atoms with van der Waals surface area (Å²) in [6, 6.07) is 13.8. The fraction of sp³-hybridized carbons (Fsp3) is 0.643. The Balaban J connectivity index is 1.29. The number of carbonyl (C=O) groups excluding carboxylic acids is 2. The molecule has 3 aliphatic rings. The third-order valence-corrected chi connectivity index (χ3v) is 8.67. The summed E-state index contributed by atoms with van der Waals surface area (Å²) in [5.41, 5.74) is 5.71. The first-order valence-corrected chi connectivity index (χ1v) is 13.1. The number of benzene rings is 1. The average Bonchev–Trinajstić information content (AvgIpc) is 2.89. The van der Waals surface area contributed by atoms with Crippen molar-refractivity contribution in [2.45, 2.75) is 94.5 Å². The summed E-state index contributed by atoms with van der Waals surface area (Å²) in [5, 5.41) is 13.0. The number of likely N-dealkylation sites (tertiary alicyclic amines) is 1. The Morgan fingerprint density at radius 1 is 1.06 bits per heavy atom. The van der Waals surface area contributed by atoms with Crippen LogP contribution in [0.5, 0.6) is 0 Å². The minimum atomic E-state index is -0.829. The largest absolute Gasteiger partial charge is 0.369 e. The van der Waals surface area contributed by atoms with Gasteiger partial charge in [-0.1, -0.05) is 56.0 Å². The van der Waals surface area contributed by atoms with Crippen LogP contribution in [0, 0.1) is 23.2 Å². The topological polar surface area (TPSA) is 99.2 Å². The number of primary amides is 1. The van der Waals surface area contributed by atoms with Crippen LogP contribution in [0.15, 0.2) is 30.3 Å². The van der Waals surface area contributed by atoms with Crippen molar-refractivity contribution in [1.82, 2.24) is 10.2 Å². The van der Waals surface area contributed by atoms with Gasteiger partial charge in [-0.3, -0.25) is 9.59 Å². The molecule has 2 atom stereocenters. The molecule has 2 aliphatic carbocycles. The lowest BCUT2D eigenvalue weighted by atomic mass is 9.70. The molecule has 2 saturated carbocycles. The molecule has 1 saturated heterocycles. The van der Waals surface area contributed by atoms with Gasteiger partial charge in [0.25, 0.3) is 0 Å². The van der Waals surface area contributed by atoms with Crippen LogP contribution in [0.3, 0.4) is 0 Å². The lowest BCUT2D eigenvalue weighted by molar-refractivity contribution is -0.130. The van der Waals surface area contributed by atoms with Crippen molar-refractivity contribution in [3.05, 3.63) is 42.3 Å². The van der Waals surface area contributed by atoms with E-state index in [1.54, 1.807) is 6.42 Å². The van der Waals surface area contributed by atoms with Gasteiger partial charge in [-0.2, -0.15) is 5.26 Å². The molecule has 1 aromatic rings. The fourth-order valence-electron chi connectivity index (χ4n) is 6.41. The van der Waals surface area contributed by atoms with Gasteiger partial charge in [0.15, 0.2) is 0 Å². The number of rotatable bonds is 7. The van der Waals surface area contributed by atoms with Gasteiger partial charge >= 0.3 is 0 Å². The van der Waals surface area contributed by atoms with Crippen molar-refractivity contribution in [1.29, 1.82) is 5.26 Å². The zero-order valence-electron chi connectivity index (χ0n) is 20.3. The SMILES string of the molecule is N#CC1(NC(=O)[CH]CC2(C(N)=O)CCCCC2)CCN(C2CCCC(c3ccccc3)C2)CC1. The molecule has 6 nitrogen and oxygen atoms in total. The first kappa shape index (κ1) is 24.7. The molecule has 0 aromatic heterocycles. The number of carbonyl (C=O) groups is 2. The van der Waals surface area contributed by atoms with Crippen LogP contribution < -0.4 is 11.1 Å². The van der Waals surface area contributed by atoms with Crippen LogP contribution in [0.4, 0.5) is 0 Å². The monoisotopic (exact) mass is 463 g/mol. The van der Waals surface area contributed by atoms with Crippen LogP contribution in [-0.4, -0.2) is 41.4 Å². The molecule has 0 spiro atoms. The van der Waals surface area contributed by atoms with Crippen LogP contribution in [-0.2, 0) is 9.59 Å². The van der Waals surface area contributed by atoms with E-state index in [4.69, 9.17) is 5.73 Å². The highest BCUT2D eigenvalue weighted by Crippen LogP contribution is 2.40. The second kappa shape index (κ2) is 10.9. The number of nitrogens with two attached hydrogens (primary N) is 1. The van der Waals surface area contributed by atoms with Crippen LogP contribution >= 0.6 is 0 Å². The van der Waals surface area contributed by atoms with Gasteiger partial charge < -0.3 is 16.0 Å². The highest BCUT2D eigenvalue weighted by atomic mass is 16.2. The lowest BCUT2D eigenvalue weighted by Crippen LogP contribution is -2.56. The van der Waals surface area contributed by atoms with Gasteiger partial charge in [0.2, 0.25) is 11.8 Å². The quantitative estimate of drug-likeness (QED) is 0.632. The molecule has 1 aliphatic heterocycles. The van der Waals surface area contributed by atoms with Gasteiger partial charge in [-0.25, -0.2) is 0 Å². The molecule has 0 bridgehead atoms. The van der Waals surface area contributed by atoms with Crippen molar-refractivity contribution in [2.75, 3.05) is 13.1 Å². The van der Waals surface area contributed by atoms with Crippen molar-refractivity contribution >= 4 is 11.8 Å². The summed E-state index contributed by atoms with van der Waals surface area (Å²) in [6.07, 6.45) is 12.6. The van der Waals surface area contributed by atoms with Crippen LogP contribution in [0.25, 0.3) is 0 Å². The Morgan fingerprint density at radius 3 is 2.41 bits per heavy atom. The molecule has 1 radical (unpaired) electrons. The number of hydrogen-bond acceptors (Lipinski definition) is 4. The number of nitriles is 1. The molecule has 1 heterocycles. The van der Waals surface area contributed by atoms with E-state index < -0.39 is 11.0 Å². The summed E-state index contributed by atoms with van der Waals surface area (Å²) < 4.78 is 0. The summed E-state index contributed by atoms with van der Waals surface area (Å²) in [4.78, 5) is 27.4. The predicted molar refractivity (Wildman–Crippen MR) is 132 cm³/mol. The Hall–Kier alpha value is -2.39. The lowest BCUT2D eigenvalue weighted by Gasteiger charge is -2.44. The fourth-order valence-corrected chi connectivity index (χ4v) is 6.41. The van der Waals surface area contributed by atoms with Gasteiger partial charge in [-0.05, 0) is 62.8 Å². The van der Waals surface area contributed by atoms with Crippen molar-refractivity contribution in [3.8, 4) is 6.07 Å². The molecule has 3 fully saturated rings. The molecule has 4 rings (SSSR count). The maximum Gasteiger partial charge on any atom is 0.225 e. The first-order chi connectivity index (χ1) is 16.5. The van der Waals surface area contributed by atoms with E-state index in [9.17, 15) is 14.9 Å².